The third-order valence-electron chi connectivity index (χ3n) is 5.42. The van der Waals surface area contributed by atoms with Crippen LogP contribution in [0.5, 0.6) is 0 Å². The number of nitrogens with zero attached hydrogens (tertiary/aromatic N) is 5. The van der Waals surface area contributed by atoms with E-state index in [2.05, 4.69) is 15.0 Å². The van der Waals surface area contributed by atoms with Gasteiger partial charge in [0.05, 0.1) is 6.42 Å². The van der Waals surface area contributed by atoms with Crippen molar-refractivity contribution >= 4 is 64.3 Å². The summed E-state index contributed by atoms with van der Waals surface area (Å²) in [7, 11) is 1.26. The summed E-state index contributed by atoms with van der Waals surface area (Å²) in [6, 6.07) is 0. The van der Waals surface area contributed by atoms with Gasteiger partial charge in [-0.2, -0.15) is 24.9 Å². The van der Waals surface area contributed by atoms with Crippen molar-refractivity contribution in [1.29, 1.82) is 0 Å². The average Bonchev–Trinajstić information content (AvgIpc) is 3.50. The Hall–Kier alpha value is -3.12. The number of imidazole rings is 1. The summed E-state index contributed by atoms with van der Waals surface area (Å²) in [6.45, 7) is 20.5. The molecule has 0 aliphatic rings. The third kappa shape index (κ3) is 18.8. The lowest BCUT2D eigenvalue weighted by molar-refractivity contribution is -0.192. The van der Waals surface area contributed by atoms with Gasteiger partial charge in [0.25, 0.3) is 0 Å². The highest BCUT2D eigenvalue weighted by Crippen LogP contribution is 2.32. The lowest BCUT2D eigenvalue weighted by Gasteiger charge is -2.32. The minimum Gasteiger partial charge on any atom is -0.463 e. The molecule has 18 heteroatoms. The van der Waals surface area contributed by atoms with E-state index < -0.39 is 60.6 Å². The fourth-order valence-electron chi connectivity index (χ4n) is 3.63. The summed E-state index contributed by atoms with van der Waals surface area (Å²) in [5, 5.41) is -0.104. The number of alkyl halides is 3. The molecule has 50 heavy (non-hydrogen) atoms. The lowest BCUT2D eigenvalue weighted by atomic mass is 10.1. The Morgan fingerprint density at radius 3 is 1.88 bits per heavy atom. The number of aromatic nitrogens is 4. The summed E-state index contributed by atoms with van der Waals surface area (Å²) in [6.07, 6.45) is -6.55. The van der Waals surface area contributed by atoms with Crippen LogP contribution in [0.15, 0.2) is 11.5 Å². The highest BCUT2D eigenvalue weighted by molar-refractivity contribution is 7.99. The number of fused-ring (bicyclic) bond motifs is 1. The van der Waals surface area contributed by atoms with Crippen LogP contribution in [-0.2, 0) is 38.1 Å². The fourth-order valence-corrected chi connectivity index (χ4v) is 4.82. The number of anilines is 1. The van der Waals surface area contributed by atoms with Gasteiger partial charge in [-0.05, 0) is 6.26 Å². The van der Waals surface area contributed by atoms with Crippen molar-refractivity contribution in [2.45, 2.75) is 119 Å². The van der Waals surface area contributed by atoms with Gasteiger partial charge in [0.15, 0.2) is 28.2 Å². The molecular weight excluding hydrogens is 704 g/mol. The first-order valence-corrected chi connectivity index (χ1v) is 18.8. The largest absolute Gasteiger partial charge is 0.463 e. The van der Waals surface area contributed by atoms with Gasteiger partial charge in [0.2, 0.25) is 12.1 Å². The van der Waals surface area contributed by atoms with E-state index in [0.717, 1.165) is 20.8 Å². The van der Waals surface area contributed by atoms with E-state index in [4.69, 9.17) is 18.9 Å². The zero-order chi connectivity index (χ0) is 39.6. The molecule has 0 spiro atoms. The molecule has 3 atom stereocenters. The van der Waals surface area contributed by atoms with Crippen LogP contribution < -0.4 is 4.90 Å². The van der Waals surface area contributed by atoms with Crippen molar-refractivity contribution in [3.8, 4) is 0 Å². The van der Waals surface area contributed by atoms with Gasteiger partial charge in [-0.15, -0.1) is 0 Å². The third-order valence-corrected chi connectivity index (χ3v) is 6.86. The van der Waals surface area contributed by atoms with Gasteiger partial charge < -0.3 is 18.9 Å². The van der Waals surface area contributed by atoms with Crippen LogP contribution in [0.3, 0.4) is 0 Å². The highest BCUT2D eigenvalue weighted by atomic mass is 32.2. The maximum absolute atomic E-state index is 12.9. The van der Waals surface area contributed by atoms with E-state index in [9.17, 15) is 32.3 Å². The molecule has 290 valence electrons. The van der Waals surface area contributed by atoms with Crippen molar-refractivity contribution in [2.24, 2.45) is 0 Å². The molecule has 0 N–H and O–H groups in total. The SMILES string of the molecule is CC.CC.CC.CC.COC(COC(C)=O)[C@@H](OC(C)=O)[C@@H](OC(C)=O)n1cnc2c(N(CCSC)C(C)=O)nc(SCCC(F)(F)F)nc21. The van der Waals surface area contributed by atoms with E-state index >= 15 is 0 Å². The molecule has 1 amide bonds. The number of amides is 1. The Bertz CT molecular complexity index is 1270. The molecule has 2 heterocycles. The number of halogens is 3. The Morgan fingerprint density at radius 2 is 1.44 bits per heavy atom. The number of ether oxygens (including phenoxy) is 4. The van der Waals surface area contributed by atoms with Gasteiger partial charge >= 0.3 is 24.1 Å². The van der Waals surface area contributed by atoms with E-state index in [1.807, 2.05) is 61.6 Å². The van der Waals surface area contributed by atoms with Crippen LogP contribution in [0.1, 0.15) is 95.7 Å². The summed E-state index contributed by atoms with van der Waals surface area (Å²) < 4.78 is 61.2. The Labute approximate surface area is 303 Å². The van der Waals surface area contributed by atoms with Gasteiger partial charge in [-0.1, -0.05) is 67.2 Å². The summed E-state index contributed by atoms with van der Waals surface area (Å²) >= 11 is 2.16. The molecule has 0 aromatic carbocycles. The summed E-state index contributed by atoms with van der Waals surface area (Å²) in [4.78, 5) is 62.7. The van der Waals surface area contributed by atoms with Crippen LogP contribution in [0, 0.1) is 0 Å². The zero-order valence-electron chi connectivity index (χ0n) is 31.8. The van der Waals surface area contributed by atoms with Crippen LogP contribution in [0.4, 0.5) is 19.0 Å². The number of thioether (sulfide) groups is 2. The quantitative estimate of drug-likeness (QED) is 0.0776. The normalized spacial score (nSPS) is 12.0. The molecule has 0 aliphatic carbocycles. The van der Waals surface area contributed by atoms with Crippen molar-refractivity contribution in [1.82, 2.24) is 19.5 Å². The second-order valence-electron chi connectivity index (χ2n) is 8.68. The summed E-state index contributed by atoms with van der Waals surface area (Å²) in [5.41, 5.74) is 0.0369. The van der Waals surface area contributed by atoms with Crippen LogP contribution in [0.2, 0.25) is 0 Å². The van der Waals surface area contributed by atoms with Gasteiger partial charge in [-0.25, -0.2) is 15.0 Å². The minimum atomic E-state index is -4.42. The van der Waals surface area contributed by atoms with E-state index in [1.165, 1.54) is 41.6 Å². The van der Waals surface area contributed by atoms with Crippen LogP contribution in [-0.4, -0.2) is 99.7 Å². The smallest absolute Gasteiger partial charge is 0.389 e. The first-order chi connectivity index (χ1) is 23.7. The Morgan fingerprint density at radius 1 is 0.880 bits per heavy atom. The monoisotopic (exact) mass is 759 g/mol. The first-order valence-electron chi connectivity index (χ1n) is 16.4. The standard InChI is InChI=1S/C24H32F3N5O8S2.4C2H6/c1-13(33)31(8-10-41-6)20-18-21(30-23(29-20)42-9-7-24(25,26)27)32(12-28-18)22(40-16(4)36)19(39-15(3)35)17(37-5)11-38-14(2)34;4*1-2/h12,17,19,22H,7-11H2,1-6H3;4*1-2H3/t17?,19-,22-;;;;/m1..../s1. The molecule has 1 unspecified atom stereocenters. The lowest BCUT2D eigenvalue weighted by Crippen LogP contribution is -2.44. The molecule has 13 nitrogen and oxygen atoms in total. The summed E-state index contributed by atoms with van der Waals surface area (Å²) in [5.74, 6) is -2.51. The fraction of sp³-hybridized carbons (Fsp3) is 0.719. The molecule has 2 aromatic rings. The number of carbonyl (C=O) groups is 4. The predicted molar refractivity (Wildman–Crippen MR) is 192 cm³/mol. The maximum Gasteiger partial charge on any atom is 0.389 e. The number of rotatable bonds is 15. The topological polar surface area (TPSA) is 152 Å². The van der Waals surface area contributed by atoms with Crippen molar-refractivity contribution in [3.05, 3.63) is 6.33 Å². The van der Waals surface area contributed by atoms with Crippen molar-refractivity contribution in [2.75, 3.05) is 42.9 Å². The van der Waals surface area contributed by atoms with E-state index in [-0.39, 0.29) is 35.3 Å². The van der Waals surface area contributed by atoms with Gasteiger partial charge in [0.1, 0.15) is 19.0 Å². The van der Waals surface area contributed by atoms with Gasteiger partial charge in [-0.3, -0.25) is 28.6 Å². The molecule has 0 aliphatic heterocycles. The molecule has 0 radical (unpaired) electrons. The minimum absolute atomic E-state index is 0.0311. The Balaban J connectivity index is -0.00000257. The maximum atomic E-state index is 12.9. The molecule has 2 rings (SSSR count). The molecule has 2 aromatic heterocycles. The molecule has 0 saturated carbocycles. The van der Waals surface area contributed by atoms with Crippen molar-refractivity contribution < 1.29 is 51.3 Å². The molecular formula is C32H56F3N5O8S2. The van der Waals surface area contributed by atoms with E-state index in [0.29, 0.717) is 17.5 Å². The molecule has 0 fully saturated rings. The van der Waals surface area contributed by atoms with E-state index in [1.54, 1.807) is 0 Å². The zero-order valence-corrected chi connectivity index (χ0v) is 33.4. The molecule has 0 bridgehead atoms. The highest BCUT2D eigenvalue weighted by Gasteiger charge is 2.39. The number of methoxy groups -OCH3 is 1. The van der Waals surface area contributed by atoms with Gasteiger partial charge in [0, 0.05) is 52.9 Å². The number of carbonyl (C=O) groups excluding carboxylic acids is 4. The first kappa shape index (κ1) is 51.3. The predicted octanol–water partition coefficient (Wildman–Crippen LogP) is 7.26. The average molecular weight is 760 g/mol. The number of hydrogen-bond donors (Lipinski definition) is 0. The second kappa shape index (κ2) is 28.6. The van der Waals surface area contributed by atoms with Crippen LogP contribution in [0.25, 0.3) is 11.2 Å². The Kier molecular flexibility index (Phi) is 29.3. The number of esters is 3. The second-order valence-corrected chi connectivity index (χ2v) is 10.7. The molecule has 0 saturated heterocycles. The number of hydrogen-bond acceptors (Lipinski definition) is 13. The van der Waals surface area contributed by atoms with Crippen LogP contribution >= 0.6 is 23.5 Å². The van der Waals surface area contributed by atoms with Crippen molar-refractivity contribution in [3.63, 3.8) is 0 Å².